The van der Waals surface area contributed by atoms with E-state index in [0.29, 0.717) is 17.2 Å². The standard InChI is InChI=1S/C15H16N2O/c1-11(2)12-5-3-6-13(9-12)15(18)17-14-7-4-8-16-10-14/h3-11H,1-2H3,(H,17,18). The van der Waals surface area contributed by atoms with Gasteiger partial charge in [0.1, 0.15) is 0 Å². The van der Waals surface area contributed by atoms with Crippen LogP contribution in [-0.2, 0) is 0 Å². The van der Waals surface area contributed by atoms with E-state index in [1.54, 1.807) is 18.5 Å². The molecule has 1 aromatic carbocycles. The van der Waals surface area contributed by atoms with Crippen LogP contribution in [0.1, 0.15) is 35.7 Å². The number of carbonyl (C=O) groups is 1. The Morgan fingerprint density at radius 1 is 1.22 bits per heavy atom. The third kappa shape index (κ3) is 2.94. The van der Waals surface area contributed by atoms with Gasteiger partial charge in [-0.25, -0.2) is 0 Å². The molecular weight excluding hydrogens is 224 g/mol. The molecule has 2 aromatic rings. The Hall–Kier alpha value is -2.16. The van der Waals surface area contributed by atoms with E-state index >= 15 is 0 Å². The lowest BCUT2D eigenvalue weighted by Gasteiger charge is -2.08. The molecule has 0 aliphatic carbocycles. The molecule has 18 heavy (non-hydrogen) atoms. The summed E-state index contributed by atoms with van der Waals surface area (Å²) in [7, 11) is 0. The van der Waals surface area contributed by atoms with Crippen molar-refractivity contribution in [2.24, 2.45) is 0 Å². The average molecular weight is 240 g/mol. The van der Waals surface area contributed by atoms with Gasteiger partial charge in [-0.2, -0.15) is 0 Å². The predicted octanol–water partition coefficient (Wildman–Crippen LogP) is 3.46. The van der Waals surface area contributed by atoms with Crippen LogP contribution >= 0.6 is 0 Å². The van der Waals surface area contributed by atoms with Gasteiger partial charge in [0.05, 0.1) is 11.9 Å². The van der Waals surface area contributed by atoms with Gasteiger partial charge >= 0.3 is 0 Å². The number of nitrogens with one attached hydrogen (secondary N) is 1. The fourth-order valence-electron chi connectivity index (χ4n) is 1.68. The maximum Gasteiger partial charge on any atom is 0.255 e. The van der Waals surface area contributed by atoms with Crippen LogP contribution in [0.4, 0.5) is 5.69 Å². The van der Waals surface area contributed by atoms with Crippen molar-refractivity contribution in [1.29, 1.82) is 0 Å². The molecular formula is C15H16N2O. The Labute approximate surface area is 107 Å². The topological polar surface area (TPSA) is 42.0 Å². The summed E-state index contributed by atoms with van der Waals surface area (Å²) in [4.78, 5) is 16.0. The fraction of sp³-hybridized carbons (Fsp3) is 0.200. The number of nitrogens with zero attached hydrogens (tertiary/aromatic N) is 1. The zero-order valence-electron chi connectivity index (χ0n) is 10.6. The molecule has 0 fully saturated rings. The summed E-state index contributed by atoms with van der Waals surface area (Å²) >= 11 is 0. The van der Waals surface area contributed by atoms with Crippen molar-refractivity contribution in [3.05, 3.63) is 59.9 Å². The molecule has 0 atom stereocenters. The predicted molar refractivity (Wildman–Crippen MR) is 72.7 cm³/mol. The molecule has 0 bridgehead atoms. The van der Waals surface area contributed by atoms with Crippen molar-refractivity contribution in [3.8, 4) is 0 Å². The number of hydrogen-bond donors (Lipinski definition) is 1. The molecule has 0 aliphatic heterocycles. The average Bonchev–Trinajstić information content (AvgIpc) is 2.40. The third-order valence-electron chi connectivity index (χ3n) is 2.73. The van der Waals surface area contributed by atoms with Crippen molar-refractivity contribution < 1.29 is 4.79 Å². The van der Waals surface area contributed by atoms with Crippen molar-refractivity contribution in [2.75, 3.05) is 5.32 Å². The number of hydrogen-bond acceptors (Lipinski definition) is 2. The monoisotopic (exact) mass is 240 g/mol. The van der Waals surface area contributed by atoms with Gasteiger partial charge in [0.15, 0.2) is 0 Å². The van der Waals surface area contributed by atoms with Gasteiger partial charge in [-0.15, -0.1) is 0 Å². The minimum Gasteiger partial charge on any atom is -0.321 e. The molecule has 92 valence electrons. The Kier molecular flexibility index (Phi) is 3.72. The summed E-state index contributed by atoms with van der Waals surface area (Å²) in [5, 5.41) is 2.82. The highest BCUT2D eigenvalue weighted by Gasteiger charge is 2.07. The maximum absolute atomic E-state index is 12.1. The van der Waals surface area contributed by atoms with Crippen LogP contribution in [0, 0.1) is 0 Å². The second kappa shape index (κ2) is 5.45. The summed E-state index contributed by atoms with van der Waals surface area (Å²) in [6.07, 6.45) is 3.30. The van der Waals surface area contributed by atoms with E-state index in [-0.39, 0.29) is 5.91 Å². The van der Waals surface area contributed by atoms with E-state index in [1.807, 2.05) is 30.3 Å². The summed E-state index contributed by atoms with van der Waals surface area (Å²) in [6, 6.07) is 11.3. The van der Waals surface area contributed by atoms with Gasteiger partial charge in [0.2, 0.25) is 0 Å². The SMILES string of the molecule is CC(C)c1cccc(C(=O)Nc2cccnc2)c1. The molecule has 0 spiro atoms. The van der Waals surface area contributed by atoms with Crippen LogP contribution in [0.15, 0.2) is 48.8 Å². The van der Waals surface area contributed by atoms with E-state index in [0.717, 1.165) is 5.56 Å². The summed E-state index contributed by atoms with van der Waals surface area (Å²) in [5.41, 5.74) is 2.54. The van der Waals surface area contributed by atoms with E-state index < -0.39 is 0 Å². The first-order valence-corrected chi connectivity index (χ1v) is 5.98. The Balaban J connectivity index is 2.16. The fourth-order valence-corrected chi connectivity index (χ4v) is 1.68. The van der Waals surface area contributed by atoms with Crippen molar-refractivity contribution in [2.45, 2.75) is 19.8 Å². The second-order valence-corrected chi connectivity index (χ2v) is 4.48. The molecule has 0 unspecified atom stereocenters. The molecule has 0 radical (unpaired) electrons. The van der Waals surface area contributed by atoms with Crippen molar-refractivity contribution in [1.82, 2.24) is 4.98 Å². The van der Waals surface area contributed by atoms with E-state index in [2.05, 4.69) is 24.1 Å². The van der Waals surface area contributed by atoms with Gasteiger partial charge in [-0.3, -0.25) is 9.78 Å². The summed E-state index contributed by atoms with van der Waals surface area (Å²) < 4.78 is 0. The van der Waals surface area contributed by atoms with E-state index in [9.17, 15) is 4.79 Å². The van der Waals surface area contributed by atoms with Crippen LogP contribution < -0.4 is 5.32 Å². The van der Waals surface area contributed by atoms with Crippen LogP contribution in [-0.4, -0.2) is 10.9 Å². The molecule has 3 heteroatoms. The first-order chi connectivity index (χ1) is 8.66. The number of amides is 1. The number of pyridine rings is 1. The van der Waals surface area contributed by atoms with Gasteiger partial charge < -0.3 is 5.32 Å². The van der Waals surface area contributed by atoms with Gasteiger partial charge in [0, 0.05) is 11.8 Å². The number of anilines is 1. The Bertz CT molecular complexity index is 535. The minimum absolute atomic E-state index is 0.106. The normalized spacial score (nSPS) is 10.4. The highest BCUT2D eigenvalue weighted by Crippen LogP contribution is 2.16. The molecule has 2 rings (SSSR count). The van der Waals surface area contributed by atoms with Crippen LogP contribution in [0.25, 0.3) is 0 Å². The van der Waals surface area contributed by atoms with E-state index in [1.165, 1.54) is 0 Å². The van der Waals surface area contributed by atoms with Crippen LogP contribution in [0.5, 0.6) is 0 Å². The lowest BCUT2D eigenvalue weighted by molar-refractivity contribution is 0.102. The number of benzene rings is 1. The highest BCUT2D eigenvalue weighted by molar-refractivity contribution is 6.04. The van der Waals surface area contributed by atoms with Crippen LogP contribution in [0.3, 0.4) is 0 Å². The summed E-state index contributed by atoms with van der Waals surface area (Å²) in [5.74, 6) is 0.307. The quantitative estimate of drug-likeness (QED) is 0.892. The van der Waals surface area contributed by atoms with Gasteiger partial charge in [-0.1, -0.05) is 26.0 Å². The Morgan fingerprint density at radius 3 is 2.72 bits per heavy atom. The lowest BCUT2D eigenvalue weighted by atomic mass is 10.0. The van der Waals surface area contributed by atoms with Crippen molar-refractivity contribution >= 4 is 11.6 Å². The molecule has 0 saturated heterocycles. The number of aromatic nitrogens is 1. The van der Waals surface area contributed by atoms with Gasteiger partial charge in [0.25, 0.3) is 5.91 Å². The smallest absolute Gasteiger partial charge is 0.255 e. The van der Waals surface area contributed by atoms with Gasteiger partial charge in [-0.05, 0) is 35.7 Å². The lowest BCUT2D eigenvalue weighted by Crippen LogP contribution is -2.12. The first kappa shape index (κ1) is 12.3. The molecule has 0 saturated carbocycles. The highest BCUT2D eigenvalue weighted by atomic mass is 16.1. The molecule has 1 aromatic heterocycles. The number of carbonyl (C=O) groups excluding carboxylic acids is 1. The first-order valence-electron chi connectivity index (χ1n) is 5.98. The second-order valence-electron chi connectivity index (χ2n) is 4.48. The largest absolute Gasteiger partial charge is 0.321 e. The van der Waals surface area contributed by atoms with Crippen molar-refractivity contribution in [3.63, 3.8) is 0 Å². The van der Waals surface area contributed by atoms with E-state index in [4.69, 9.17) is 0 Å². The zero-order chi connectivity index (χ0) is 13.0. The molecule has 3 nitrogen and oxygen atoms in total. The zero-order valence-corrected chi connectivity index (χ0v) is 10.6. The molecule has 1 heterocycles. The summed E-state index contributed by atoms with van der Waals surface area (Å²) in [6.45, 7) is 4.22. The van der Waals surface area contributed by atoms with Crippen LogP contribution in [0.2, 0.25) is 0 Å². The molecule has 1 N–H and O–H groups in total. The molecule has 0 aliphatic rings. The molecule has 1 amide bonds. The third-order valence-corrected chi connectivity index (χ3v) is 2.73. The number of rotatable bonds is 3. The minimum atomic E-state index is -0.106. The maximum atomic E-state index is 12.1. The Morgan fingerprint density at radius 2 is 2.06 bits per heavy atom.